The lowest BCUT2D eigenvalue weighted by molar-refractivity contribution is 0.165. The molecule has 1 aliphatic rings. The van der Waals surface area contributed by atoms with E-state index in [2.05, 4.69) is 5.92 Å². The van der Waals surface area contributed by atoms with Crippen molar-refractivity contribution in [2.75, 3.05) is 5.75 Å². The first-order valence-corrected chi connectivity index (χ1v) is 5.29. The second-order valence-corrected chi connectivity index (χ2v) is 5.42. The van der Waals surface area contributed by atoms with Crippen molar-refractivity contribution in [3.8, 4) is 12.3 Å². The molecule has 0 amide bonds. The molecule has 0 spiro atoms. The summed E-state index contributed by atoms with van der Waals surface area (Å²) in [4.78, 5) is 0. The van der Waals surface area contributed by atoms with Gasteiger partial charge in [-0.25, -0.2) is 0 Å². The normalized spacial score (nSPS) is 32.2. The lowest BCUT2D eigenvalue weighted by atomic mass is 9.89. The summed E-state index contributed by atoms with van der Waals surface area (Å²) in [5.41, 5.74) is -0.270. The second kappa shape index (κ2) is 2.75. The Balaban J connectivity index is 2.89. The maximum absolute atomic E-state index is 11.1. The molecule has 1 rings (SSSR count). The molecule has 1 saturated heterocycles. The molecule has 4 heteroatoms. The summed E-state index contributed by atoms with van der Waals surface area (Å²) in [5, 5.41) is 0. The predicted molar refractivity (Wildman–Crippen MR) is 45.9 cm³/mol. The highest BCUT2D eigenvalue weighted by molar-refractivity contribution is 7.86. The zero-order chi connectivity index (χ0) is 9.41. The highest BCUT2D eigenvalue weighted by Crippen LogP contribution is 2.31. The van der Waals surface area contributed by atoms with E-state index in [1.54, 1.807) is 0 Å². The highest BCUT2D eigenvalue weighted by atomic mass is 32.2. The van der Waals surface area contributed by atoms with Crippen LogP contribution in [0.25, 0.3) is 0 Å². The topological polar surface area (TPSA) is 43.4 Å². The van der Waals surface area contributed by atoms with Crippen LogP contribution in [0.15, 0.2) is 0 Å². The van der Waals surface area contributed by atoms with Crippen molar-refractivity contribution in [2.24, 2.45) is 5.41 Å². The van der Waals surface area contributed by atoms with Crippen molar-refractivity contribution < 1.29 is 12.6 Å². The van der Waals surface area contributed by atoms with Gasteiger partial charge in [0.15, 0.2) is 0 Å². The van der Waals surface area contributed by atoms with Gasteiger partial charge < -0.3 is 0 Å². The zero-order valence-corrected chi connectivity index (χ0v) is 8.02. The van der Waals surface area contributed by atoms with E-state index in [-0.39, 0.29) is 11.2 Å². The average molecular weight is 188 g/mol. The first-order chi connectivity index (χ1) is 5.35. The van der Waals surface area contributed by atoms with Crippen LogP contribution in [0.5, 0.6) is 0 Å². The predicted octanol–water partition coefficient (Wildman–Crippen LogP) is 0.764. The Morgan fingerprint density at radius 3 is 2.58 bits per heavy atom. The molecule has 0 N–H and O–H groups in total. The fraction of sp³-hybridized carbons (Fsp3) is 0.750. The van der Waals surface area contributed by atoms with Gasteiger partial charge in [0.1, 0.15) is 6.10 Å². The third-order valence-corrected chi connectivity index (χ3v) is 3.41. The Morgan fingerprint density at radius 1 is 1.58 bits per heavy atom. The molecule has 0 aromatic carbocycles. The number of hydrogen-bond acceptors (Lipinski definition) is 3. The molecule has 0 aromatic rings. The van der Waals surface area contributed by atoms with Gasteiger partial charge in [0.05, 0.1) is 5.75 Å². The van der Waals surface area contributed by atoms with Gasteiger partial charge in [0.25, 0.3) is 10.1 Å². The Hall–Kier alpha value is -0.530. The lowest BCUT2D eigenvalue weighted by Gasteiger charge is -2.31. The molecule has 12 heavy (non-hydrogen) atoms. The van der Waals surface area contributed by atoms with E-state index < -0.39 is 16.2 Å². The minimum atomic E-state index is -3.39. The molecule has 0 bridgehead atoms. The third kappa shape index (κ3) is 2.23. The van der Waals surface area contributed by atoms with E-state index in [0.29, 0.717) is 6.42 Å². The van der Waals surface area contributed by atoms with Gasteiger partial charge in [0.2, 0.25) is 0 Å². The van der Waals surface area contributed by atoms with Crippen LogP contribution in [0.1, 0.15) is 20.3 Å². The SMILES string of the molecule is C#CC1CC(C)(C)CS(=O)(=O)O1. The fourth-order valence-electron chi connectivity index (χ4n) is 1.37. The highest BCUT2D eigenvalue weighted by Gasteiger charge is 2.36. The van der Waals surface area contributed by atoms with Gasteiger partial charge >= 0.3 is 0 Å². The number of rotatable bonds is 0. The summed E-state index contributed by atoms with van der Waals surface area (Å²) < 4.78 is 26.9. The van der Waals surface area contributed by atoms with Gasteiger partial charge in [0, 0.05) is 0 Å². The Kier molecular flexibility index (Phi) is 2.19. The molecule has 1 heterocycles. The van der Waals surface area contributed by atoms with Crippen molar-refractivity contribution in [3.05, 3.63) is 0 Å². The molecule has 0 aromatic heterocycles. The van der Waals surface area contributed by atoms with Crippen LogP contribution in [-0.4, -0.2) is 20.3 Å². The van der Waals surface area contributed by atoms with Gasteiger partial charge in [-0.15, -0.1) is 6.42 Å². The molecule has 3 nitrogen and oxygen atoms in total. The van der Waals surface area contributed by atoms with Crippen LogP contribution >= 0.6 is 0 Å². The quantitative estimate of drug-likeness (QED) is 0.416. The van der Waals surface area contributed by atoms with E-state index in [1.807, 2.05) is 13.8 Å². The van der Waals surface area contributed by atoms with Crippen LogP contribution in [0.4, 0.5) is 0 Å². The minimum absolute atomic E-state index is 0.0537. The monoisotopic (exact) mass is 188 g/mol. The smallest absolute Gasteiger partial charge is 0.254 e. The van der Waals surface area contributed by atoms with E-state index in [1.165, 1.54) is 0 Å². The van der Waals surface area contributed by atoms with Crippen LogP contribution in [-0.2, 0) is 14.3 Å². The van der Waals surface area contributed by atoms with Gasteiger partial charge in [-0.1, -0.05) is 19.8 Å². The first-order valence-electron chi connectivity index (χ1n) is 3.72. The lowest BCUT2D eigenvalue weighted by Crippen LogP contribution is -2.37. The number of terminal acetylenes is 1. The van der Waals surface area contributed by atoms with Crippen LogP contribution in [0, 0.1) is 17.8 Å². The molecule has 1 aliphatic heterocycles. The molecule has 1 unspecified atom stereocenters. The van der Waals surface area contributed by atoms with Gasteiger partial charge in [-0.3, -0.25) is 4.18 Å². The van der Waals surface area contributed by atoms with Crippen molar-refractivity contribution in [1.29, 1.82) is 0 Å². The maximum Gasteiger partial charge on any atom is 0.269 e. The molecule has 68 valence electrons. The minimum Gasteiger partial charge on any atom is -0.254 e. The van der Waals surface area contributed by atoms with Crippen molar-refractivity contribution in [1.82, 2.24) is 0 Å². The average Bonchev–Trinajstić information content (AvgIpc) is 1.80. The summed E-state index contributed by atoms with van der Waals surface area (Å²) in [6.45, 7) is 3.74. The van der Waals surface area contributed by atoms with Crippen LogP contribution in [0.3, 0.4) is 0 Å². The van der Waals surface area contributed by atoms with Crippen molar-refractivity contribution in [2.45, 2.75) is 26.4 Å². The van der Waals surface area contributed by atoms with E-state index in [4.69, 9.17) is 10.6 Å². The maximum atomic E-state index is 11.1. The standard InChI is InChI=1S/C8H12O3S/c1-4-7-5-8(2,3)6-12(9,10)11-7/h1,7H,5-6H2,2-3H3. The Bertz CT molecular complexity index is 308. The molecular weight excluding hydrogens is 176 g/mol. The summed E-state index contributed by atoms with van der Waals surface area (Å²) in [6, 6.07) is 0. The summed E-state index contributed by atoms with van der Waals surface area (Å²) >= 11 is 0. The van der Waals surface area contributed by atoms with Gasteiger partial charge in [-0.05, 0) is 11.8 Å². The molecule has 1 atom stereocenters. The van der Waals surface area contributed by atoms with E-state index in [0.717, 1.165) is 0 Å². The van der Waals surface area contributed by atoms with Crippen LogP contribution in [0.2, 0.25) is 0 Å². The molecule has 0 saturated carbocycles. The number of hydrogen-bond donors (Lipinski definition) is 0. The fourth-order valence-corrected chi connectivity index (χ4v) is 2.99. The molecule has 1 fully saturated rings. The first kappa shape index (κ1) is 9.56. The Labute approximate surface area is 73.2 Å². The van der Waals surface area contributed by atoms with E-state index >= 15 is 0 Å². The molecular formula is C8H12O3S. The van der Waals surface area contributed by atoms with E-state index in [9.17, 15) is 8.42 Å². The largest absolute Gasteiger partial charge is 0.269 e. The zero-order valence-electron chi connectivity index (χ0n) is 7.20. The van der Waals surface area contributed by atoms with Crippen molar-refractivity contribution in [3.63, 3.8) is 0 Å². The summed E-state index contributed by atoms with van der Waals surface area (Å²) in [5.74, 6) is 2.37. The summed E-state index contributed by atoms with van der Waals surface area (Å²) in [7, 11) is -3.39. The van der Waals surface area contributed by atoms with Gasteiger partial charge in [-0.2, -0.15) is 8.42 Å². The third-order valence-electron chi connectivity index (χ3n) is 1.75. The second-order valence-electron chi connectivity index (χ2n) is 3.82. The molecule has 0 radical (unpaired) electrons. The Morgan fingerprint density at radius 2 is 2.17 bits per heavy atom. The summed E-state index contributed by atoms with van der Waals surface area (Å²) in [6.07, 6.45) is 5.12. The van der Waals surface area contributed by atoms with Crippen LogP contribution < -0.4 is 0 Å². The van der Waals surface area contributed by atoms with Crippen molar-refractivity contribution >= 4 is 10.1 Å². The molecule has 0 aliphatic carbocycles.